The van der Waals surface area contributed by atoms with Crippen molar-refractivity contribution in [2.24, 2.45) is 5.92 Å². The molecule has 2 aliphatic carbocycles. The van der Waals surface area contributed by atoms with Crippen LogP contribution in [0.3, 0.4) is 0 Å². The Morgan fingerprint density at radius 1 is 0.960 bits per heavy atom. The minimum atomic E-state index is -0.364. The normalized spacial score (nSPS) is 29.8. The Kier molecular flexibility index (Phi) is 4.97. The maximum absolute atomic E-state index is 14.8. The van der Waals surface area contributed by atoms with Crippen LogP contribution in [-0.2, 0) is 9.47 Å². The van der Waals surface area contributed by atoms with E-state index in [4.69, 9.17) is 9.47 Å². The third kappa shape index (κ3) is 3.54. The molecular weight excluding hydrogens is 315 g/mol. The van der Waals surface area contributed by atoms with Crippen molar-refractivity contribution in [3.8, 4) is 0 Å². The maximum Gasteiger partial charge on any atom is 0.168 e. The summed E-state index contributed by atoms with van der Waals surface area (Å²) in [5, 5.41) is 0. The second-order valence-corrected chi connectivity index (χ2v) is 8.01. The molecule has 3 aliphatic rings. The second-order valence-electron chi connectivity index (χ2n) is 8.01. The molecule has 0 amide bonds. The lowest BCUT2D eigenvalue weighted by atomic mass is 9.77. The van der Waals surface area contributed by atoms with Crippen molar-refractivity contribution in [2.45, 2.75) is 69.0 Å². The van der Waals surface area contributed by atoms with Gasteiger partial charge < -0.3 is 9.47 Å². The SMILES string of the molecule is C=CC1CCC(c2ccc(C3CCC4(CC3)OCCO4)c(F)c2)CC1. The van der Waals surface area contributed by atoms with E-state index in [1.807, 2.05) is 6.07 Å². The van der Waals surface area contributed by atoms with Crippen molar-refractivity contribution in [3.63, 3.8) is 0 Å². The fraction of sp³-hybridized carbons (Fsp3) is 0.636. The minimum absolute atomic E-state index is 0.0162. The predicted octanol–water partition coefficient (Wildman–Crippen LogP) is 5.69. The molecule has 1 heterocycles. The van der Waals surface area contributed by atoms with Crippen LogP contribution in [0.2, 0.25) is 0 Å². The van der Waals surface area contributed by atoms with Gasteiger partial charge in [0.05, 0.1) is 13.2 Å². The molecule has 1 aromatic rings. The zero-order valence-electron chi connectivity index (χ0n) is 15.0. The Morgan fingerprint density at radius 2 is 1.64 bits per heavy atom. The van der Waals surface area contributed by atoms with Crippen molar-refractivity contribution in [1.82, 2.24) is 0 Å². The van der Waals surface area contributed by atoms with Crippen LogP contribution in [0.15, 0.2) is 30.9 Å². The highest BCUT2D eigenvalue weighted by atomic mass is 19.1. The summed E-state index contributed by atoms with van der Waals surface area (Å²) in [5.74, 6) is 1.07. The van der Waals surface area contributed by atoms with Gasteiger partial charge in [-0.1, -0.05) is 18.2 Å². The maximum atomic E-state index is 14.8. The lowest BCUT2D eigenvalue weighted by Gasteiger charge is -2.35. The van der Waals surface area contributed by atoms with Gasteiger partial charge in [0.1, 0.15) is 5.82 Å². The lowest BCUT2D eigenvalue weighted by molar-refractivity contribution is -0.178. The molecule has 1 aliphatic heterocycles. The highest BCUT2D eigenvalue weighted by Gasteiger charge is 2.41. The summed E-state index contributed by atoms with van der Waals surface area (Å²) in [4.78, 5) is 0. The molecule has 3 fully saturated rings. The van der Waals surface area contributed by atoms with E-state index < -0.39 is 0 Å². The van der Waals surface area contributed by atoms with Crippen molar-refractivity contribution >= 4 is 0 Å². The molecule has 0 bridgehead atoms. The summed E-state index contributed by atoms with van der Waals surface area (Å²) in [7, 11) is 0. The second kappa shape index (κ2) is 7.20. The number of allylic oxidation sites excluding steroid dienone is 1. The number of rotatable bonds is 3. The highest BCUT2D eigenvalue weighted by molar-refractivity contribution is 5.30. The molecule has 2 nitrogen and oxygen atoms in total. The monoisotopic (exact) mass is 344 g/mol. The van der Waals surface area contributed by atoms with Crippen molar-refractivity contribution in [2.75, 3.05) is 13.2 Å². The first-order valence-electron chi connectivity index (χ1n) is 9.89. The Bertz CT molecular complexity index is 602. The summed E-state index contributed by atoms with van der Waals surface area (Å²) in [5.41, 5.74) is 2.06. The molecule has 3 heteroatoms. The van der Waals surface area contributed by atoms with Gasteiger partial charge in [-0.15, -0.1) is 6.58 Å². The quantitative estimate of drug-likeness (QED) is 0.656. The van der Waals surface area contributed by atoms with Gasteiger partial charge in [0.25, 0.3) is 0 Å². The lowest BCUT2D eigenvalue weighted by Crippen LogP contribution is -2.34. The van der Waals surface area contributed by atoms with Crippen LogP contribution in [0, 0.1) is 11.7 Å². The van der Waals surface area contributed by atoms with Gasteiger partial charge in [-0.05, 0) is 73.5 Å². The first-order chi connectivity index (χ1) is 12.2. The summed E-state index contributed by atoms with van der Waals surface area (Å²) in [6.45, 7) is 5.30. The van der Waals surface area contributed by atoms with E-state index in [-0.39, 0.29) is 11.6 Å². The van der Waals surface area contributed by atoms with Crippen LogP contribution in [0.5, 0.6) is 0 Å². The van der Waals surface area contributed by atoms with Gasteiger partial charge >= 0.3 is 0 Å². The smallest absolute Gasteiger partial charge is 0.168 e. The molecule has 25 heavy (non-hydrogen) atoms. The van der Waals surface area contributed by atoms with Crippen LogP contribution >= 0.6 is 0 Å². The first kappa shape index (κ1) is 17.2. The van der Waals surface area contributed by atoms with E-state index in [0.717, 1.165) is 44.1 Å². The van der Waals surface area contributed by atoms with Crippen LogP contribution < -0.4 is 0 Å². The molecule has 136 valence electrons. The van der Waals surface area contributed by atoms with E-state index in [1.54, 1.807) is 6.07 Å². The number of halogens is 1. The van der Waals surface area contributed by atoms with E-state index in [0.29, 0.717) is 31.0 Å². The van der Waals surface area contributed by atoms with Crippen molar-refractivity contribution < 1.29 is 13.9 Å². The fourth-order valence-corrected chi connectivity index (χ4v) is 4.97. The molecule has 2 saturated carbocycles. The van der Waals surface area contributed by atoms with Gasteiger partial charge in [-0.25, -0.2) is 4.39 Å². The van der Waals surface area contributed by atoms with E-state index in [1.165, 1.54) is 18.4 Å². The molecule has 1 aromatic carbocycles. The van der Waals surface area contributed by atoms with Crippen molar-refractivity contribution in [3.05, 3.63) is 47.8 Å². The van der Waals surface area contributed by atoms with Gasteiger partial charge in [0, 0.05) is 12.8 Å². The van der Waals surface area contributed by atoms with E-state index >= 15 is 0 Å². The van der Waals surface area contributed by atoms with E-state index in [2.05, 4.69) is 18.7 Å². The summed E-state index contributed by atoms with van der Waals surface area (Å²) in [6, 6.07) is 6.02. The topological polar surface area (TPSA) is 18.5 Å². The molecule has 0 atom stereocenters. The molecule has 0 aromatic heterocycles. The molecule has 0 N–H and O–H groups in total. The molecule has 1 saturated heterocycles. The van der Waals surface area contributed by atoms with Gasteiger partial charge in [-0.2, -0.15) is 0 Å². The largest absolute Gasteiger partial charge is 0.348 e. The van der Waals surface area contributed by atoms with Crippen LogP contribution in [-0.4, -0.2) is 19.0 Å². The fourth-order valence-electron chi connectivity index (χ4n) is 4.97. The van der Waals surface area contributed by atoms with Gasteiger partial charge in [0.2, 0.25) is 0 Å². The Morgan fingerprint density at radius 3 is 2.24 bits per heavy atom. The van der Waals surface area contributed by atoms with Gasteiger partial charge in [-0.3, -0.25) is 0 Å². The predicted molar refractivity (Wildman–Crippen MR) is 97.1 cm³/mol. The number of hydrogen-bond donors (Lipinski definition) is 0. The Hall–Kier alpha value is -1.19. The van der Waals surface area contributed by atoms with Crippen LogP contribution in [0.25, 0.3) is 0 Å². The summed E-state index contributed by atoms with van der Waals surface area (Å²) >= 11 is 0. The molecule has 0 unspecified atom stereocenters. The standard InChI is InChI=1S/C22H29FO2/c1-2-16-3-5-17(6-4-16)19-7-8-20(21(23)15-19)18-9-11-22(12-10-18)24-13-14-25-22/h2,7-8,15-18H,1,3-6,9-14H2. The summed E-state index contributed by atoms with van der Waals surface area (Å²) in [6.07, 6.45) is 10.4. The zero-order valence-corrected chi connectivity index (χ0v) is 15.0. The third-order valence-electron chi connectivity index (χ3n) is 6.60. The molecule has 1 spiro atoms. The molecule has 0 radical (unpaired) electrons. The Balaban J connectivity index is 1.41. The molecule has 4 rings (SSSR count). The van der Waals surface area contributed by atoms with Crippen molar-refractivity contribution in [1.29, 1.82) is 0 Å². The number of benzene rings is 1. The highest BCUT2D eigenvalue weighted by Crippen LogP contribution is 2.43. The van der Waals surface area contributed by atoms with Gasteiger partial charge in [0.15, 0.2) is 5.79 Å². The molecular formula is C22H29FO2. The average molecular weight is 344 g/mol. The minimum Gasteiger partial charge on any atom is -0.348 e. The summed E-state index contributed by atoms with van der Waals surface area (Å²) < 4.78 is 26.4. The average Bonchev–Trinajstić information content (AvgIpc) is 3.11. The first-order valence-corrected chi connectivity index (χ1v) is 9.89. The zero-order chi connectivity index (χ0) is 17.3. The third-order valence-corrected chi connectivity index (χ3v) is 6.60. The van der Waals surface area contributed by atoms with E-state index in [9.17, 15) is 4.39 Å². The number of ether oxygens (including phenoxy) is 2. The van der Waals surface area contributed by atoms with Crippen LogP contribution in [0.1, 0.15) is 74.3 Å². The number of hydrogen-bond acceptors (Lipinski definition) is 2. The Labute approximate surface area is 150 Å². The van der Waals surface area contributed by atoms with Crippen LogP contribution in [0.4, 0.5) is 4.39 Å².